The molecule has 3 rings (SSSR count). The van der Waals surface area contributed by atoms with Crippen molar-refractivity contribution in [2.45, 2.75) is 19.3 Å². The van der Waals surface area contributed by atoms with E-state index in [1.807, 2.05) is 0 Å². The summed E-state index contributed by atoms with van der Waals surface area (Å²) in [5.41, 5.74) is 0.699. The molecule has 1 aliphatic heterocycles. The maximum atomic E-state index is 13.4. The van der Waals surface area contributed by atoms with E-state index in [1.54, 1.807) is 0 Å². The molecule has 0 spiro atoms. The lowest BCUT2D eigenvalue weighted by molar-refractivity contribution is -0.114. The Morgan fingerprint density at radius 2 is 2.00 bits per heavy atom. The topological polar surface area (TPSA) is 37.4 Å². The largest absolute Gasteiger partial charge is 0.303 e. The molecule has 1 heterocycles. The van der Waals surface area contributed by atoms with E-state index in [0.717, 1.165) is 30.7 Å². The van der Waals surface area contributed by atoms with Crippen molar-refractivity contribution >= 4 is 49.2 Å². The molecule has 3 nitrogen and oxygen atoms in total. The number of Topliss-reactive ketones (excluding diaryl/α,β-unsaturated/α-hetero) is 1. The van der Waals surface area contributed by atoms with Crippen molar-refractivity contribution in [1.29, 1.82) is 0 Å². The van der Waals surface area contributed by atoms with Crippen molar-refractivity contribution in [3.8, 4) is 0 Å². The molecular formula is C14H12Br2FNO2. The lowest BCUT2D eigenvalue weighted by Crippen LogP contribution is -2.45. The minimum atomic E-state index is -0.621. The van der Waals surface area contributed by atoms with E-state index < -0.39 is 17.5 Å². The quantitative estimate of drug-likeness (QED) is 0.569. The average molecular weight is 405 g/mol. The summed E-state index contributed by atoms with van der Waals surface area (Å²) in [6, 6.07) is 2.43. The van der Waals surface area contributed by atoms with Crippen LogP contribution in [-0.2, 0) is 4.79 Å². The third kappa shape index (κ3) is 2.04. The number of amides is 1. The van der Waals surface area contributed by atoms with Gasteiger partial charge in [-0.15, -0.1) is 0 Å². The Bertz CT molecular complexity index is 608. The molecule has 1 saturated carbocycles. The molecule has 20 heavy (non-hydrogen) atoms. The van der Waals surface area contributed by atoms with Gasteiger partial charge in [-0.25, -0.2) is 4.39 Å². The third-order valence-electron chi connectivity index (χ3n) is 4.17. The molecule has 0 atom stereocenters. The number of carbonyl (C=O) groups is 2. The second-order valence-electron chi connectivity index (χ2n) is 5.49. The summed E-state index contributed by atoms with van der Waals surface area (Å²) < 4.78 is 13.9. The van der Waals surface area contributed by atoms with Crippen LogP contribution in [0, 0.1) is 11.2 Å². The highest BCUT2D eigenvalue weighted by molar-refractivity contribution is 9.10. The van der Waals surface area contributed by atoms with Crippen molar-refractivity contribution in [2.75, 3.05) is 16.8 Å². The van der Waals surface area contributed by atoms with Gasteiger partial charge in [0.05, 0.1) is 11.3 Å². The van der Waals surface area contributed by atoms with E-state index in [2.05, 4.69) is 31.9 Å². The Morgan fingerprint density at radius 3 is 2.55 bits per heavy atom. The van der Waals surface area contributed by atoms with Gasteiger partial charge < -0.3 is 4.90 Å². The van der Waals surface area contributed by atoms with Crippen LogP contribution >= 0.6 is 31.9 Å². The van der Waals surface area contributed by atoms with E-state index in [9.17, 15) is 14.0 Å². The number of alkyl halides is 1. The van der Waals surface area contributed by atoms with Gasteiger partial charge in [0.15, 0.2) is 0 Å². The van der Waals surface area contributed by atoms with Gasteiger partial charge in [-0.05, 0) is 46.3 Å². The number of nitrogens with zero attached hydrogens (tertiary/aromatic N) is 1. The van der Waals surface area contributed by atoms with Crippen LogP contribution in [0.1, 0.15) is 29.6 Å². The fourth-order valence-electron chi connectivity index (χ4n) is 2.85. The number of benzene rings is 1. The van der Waals surface area contributed by atoms with Gasteiger partial charge in [-0.2, -0.15) is 0 Å². The Kier molecular flexibility index (Phi) is 3.49. The van der Waals surface area contributed by atoms with Crippen LogP contribution in [0.3, 0.4) is 0 Å². The van der Waals surface area contributed by atoms with E-state index in [-0.39, 0.29) is 11.0 Å². The monoisotopic (exact) mass is 403 g/mol. The van der Waals surface area contributed by atoms with E-state index in [1.165, 1.54) is 11.0 Å². The molecule has 0 N–H and O–H groups in total. The molecule has 6 heteroatoms. The van der Waals surface area contributed by atoms with Gasteiger partial charge in [-0.1, -0.05) is 22.4 Å². The summed E-state index contributed by atoms with van der Waals surface area (Å²) in [7, 11) is 0. The van der Waals surface area contributed by atoms with Gasteiger partial charge in [0, 0.05) is 16.3 Å². The molecule has 1 aromatic carbocycles. The zero-order chi connectivity index (χ0) is 14.5. The Balaban J connectivity index is 2.02. The molecule has 106 valence electrons. The highest BCUT2D eigenvalue weighted by Gasteiger charge is 2.44. The summed E-state index contributed by atoms with van der Waals surface area (Å²) in [6.45, 7) is 0.500. The van der Waals surface area contributed by atoms with Crippen molar-refractivity contribution in [3.05, 3.63) is 28.0 Å². The van der Waals surface area contributed by atoms with Gasteiger partial charge in [0.1, 0.15) is 5.82 Å². The van der Waals surface area contributed by atoms with Crippen LogP contribution < -0.4 is 4.90 Å². The Hall–Kier alpha value is -0.750. The first-order valence-corrected chi connectivity index (χ1v) is 8.30. The smallest absolute Gasteiger partial charge is 0.299 e. The first-order chi connectivity index (χ1) is 9.47. The Morgan fingerprint density at radius 1 is 1.30 bits per heavy atom. The van der Waals surface area contributed by atoms with Crippen LogP contribution in [0.5, 0.6) is 0 Å². The summed E-state index contributed by atoms with van der Waals surface area (Å²) >= 11 is 6.77. The summed E-state index contributed by atoms with van der Waals surface area (Å²) in [4.78, 5) is 25.7. The number of rotatable bonds is 3. The number of fused-ring (bicyclic) bond motifs is 1. The van der Waals surface area contributed by atoms with Crippen LogP contribution in [0.2, 0.25) is 0 Å². The molecule has 1 aromatic rings. The van der Waals surface area contributed by atoms with Gasteiger partial charge in [-0.3, -0.25) is 9.59 Å². The number of anilines is 1. The summed E-state index contributed by atoms with van der Waals surface area (Å²) in [5, 5.41) is 0.798. The number of halogens is 3. The van der Waals surface area contributed by atoms with E-state index in [0.29, 0.717) is 16.7 Å². The van der Waals surface area contributed by atoms with Crippen LogP contribution in [0.15, 0.2) is 16.6 Å². The zero-order valence-corrected chi connectivity index (χ0v) is 13.8. The number of ketones is 1. The van der Waals surface area contributed by atoms with Gasteiger partial charge in [0.2, 0.25) is 0 Å². The zero-order valence-electron chi connectivity index (χ0n) is 10.6. The van der Waals surface area contributed by atoms with Crippen LogP contribution in [-0.4, -0.2) is 23.6 Å². The second-order valence-corrected chi connectivity index (χ2v) is 6.91. The highest BCUT2D eigenvalue weighted by Crippen LogP contribution is 2.46. The fraction of sp³-hybridized carbons (Fsp3) is 0.429. The van der Waals surface area contributed by atoms with Crippen molar-refractivity contribution in [2.24, 2.45) is 5.41 Å². The van der Waals surface area contributed by atoms with Crippen molar-refractivity contribution in [3.63, 3.8) is 0 Å². The maximum Gasteiger partial charge on any atom is 0.299 e. The molecule has 2 aliphatic rings. The molecule has 0 unspecified atom stereocenters. The van der Waals surface area contributed by atoms with E-state index >= 15 is 0 Å². The first kappa shape index (κ1) is 14.2. The molecule has 1 amide bonds. The lowest BCUT2D eigenvalue weighted by atomic mass is 9.70. The highest BCUT2D eigenvalue weighted by atomic mass is 79.9. The molecule has 1 fully saturated rings. The number of hydrogen-bond acceptors (Lipinski definition) is 2. The van der Waals surface area contributed by atoms with Gasteiger partial charge in [0.25, 0.3) is 11.7 Å². The lowest BCUT2D eigenvalue weighted by Gasteiger charge is -2.43. The molecule has 0 radical (unpaired) electrons. The second kappa shape index (κ2) is 4.91. The molecule has 1 aliphatic carbocycles. The maximum absolute atomic E-state index is 13.4. The third-order valence-corrected chi connectivity index (χ3v) is 5.97. The average Bonchev–Trinajstić information content (AvgIpc) is 2.59. The van der Waals surface area contributed by atoms with Crippen LogP contribution in [0.4, 0.5) is 10.1 Å². The predicted octanol–water partition coefficient (Wildman–Crippen LogP) is 3.68. The normalized spacial score (nSPS) is 20.1. The number of hydrogen-bond donors (Lipinski definition) is 0. The molecule has 0 aromatic heterocycles. The standard InChI is InChI=1S/C14H12Br2FNO2/c15-6-14(2-1-3-14)7-18-11-9(12(19)13(18)20)4-8(17)5-10(11)16/h4-5H,1-3,6-7H2. The summed E-state index contributed by atoms with van der Waals surface area (Å²) in [6.07, 6.45) is 3.20. The minimum Gasteiger partial charge on any atom is -0.303 e. The summed E-state index contributed by atoms with van der Waals surface area (Å²) in [5.74, 6) is -1.69. The molecular weight excluding hydrogens is 393 g/mol. The SMILES string of the molecule is O=C1C(=O)N(CC2(CBr)CCC2)c2c(Br)cc(F)cc21. The van der Waals surface area contributed by atoms with Crippen molar-refractivity contribution < 1.29 is 14.0 Å². The van der Waals surface area contributed by atoms with Gasteiger partial charge >= 0.3 is 0 Å². The predicted molar refractivity (Wildman–Crippen MR) is 80.9 cm³/mol. The first-order valence-electron chi connectivity index (χ1n) is 6.39. The minimum absolute atomic E-state index is 0.0331. The van der Waals surface area contributed by atoms with Crippen molar-refractivity contribution in [1.82, 2.24) is 0 Å². The molecule has 0 bridgehead atoms. The van der Waals surface area contributed by atoms with E-state index in [4.69, 9.17) is 0 Å². The molecule has 0 saturated heterocycles. The Labute approximate surface area is 132 Å². The van der Waals surface area contributed by atoms with Crippen LogP contribution in [0.25, 0.3) is 0 Å². The fourth-order valence-corrected chi connectivity index (χ4v) is 4.23. The number of carbonyl (C=O) groups excluding carboxylic acids is 2.